The van der Waals surface area contributed by atoms with Crippen LogP contribution in [0.15, 0.2) is 23.3 Å². The molecular weight excluding hydrogens is 240 g/mol. The summed E-state index contributed by atoms with van der Waals surface area (Å²) in [6, 6.07) is 3.90. The zero-order valence-corrected chi connectivity index (χ0v) is 9.57. The first-order chi connectivity index (χ1) is 8.56. The Bertz CT molecular complexity index is 523. The second-order valence-electron chi connectivity index (χ2n) is 3.30. The SMILES string of the molecule is CC(=O)c1cc(OCCN=[N+]=[N-])ccc1[N+](=O)[O-]. The van der Waals surface area contributed by atoms with Crippen LogP contribution in [0.1, 0.15) is 17.3 Å². The van der Waals surface area contributed by atoms with Crippen molar-refractivity contribution < 1.29 is 14.5 Å². The van der Waals surface area contributed by atoms with Crippen LogP contribution in [0, 0.1) is 10.1 Å². The number of hydrogen-bond acceptors (Lipinski definition) is 5. The lowest BCUT2D eigenvalue weighted by Crippen LogP contribution is -2.04. The summed E-state index contributed by atoms with van der Waals surface area (Å²) in [6.45, 7) is 1.52. The molecule has 94 valence electrons. The lowest BCUT2D eigenvalue weighted by atomic mass is 10.1. The molecule has 0 aromatic heterocycles. The highest BCUT2D eigenvalue weighted by molar-refractivity contribution is 5.98. The first-order valence-electron chi connectivity index (χ1n) is 4.99. The average molecular weight is 250 g/mol. The van der Waals surface area contributed by atoms with E-state index in [1.165, 1.54) is 25.1 Å². The van der Waals surface area contributed by atoms with Gasteiger partial charge in [0.2, 0.25) is 0 Å². The minimum atomic E-state index is -0.625. The van der Waals surface area contributed by atoms with E-state index in [-0.39, 0.29) is 24.4 Å². The van der Waals surface area contributed by atoms with E-state index in [9.17, 15) is 14.9 Å². The quantitative estimate of drug-likeness (QED) is 0.146. The van der Waals surface area contributed by atoms with Crippen LogP contribution in [0.2, 0.25) is 0 Å². The Labute approximate surface area is 102 Å². The molecular formula is C10H10N4O4. The normalized spacial score (nSPS) is 9.39. The molecule has 0 fully saturated rings. The summed E-state index contributed by atoms with van der Waals surface area (Å²) in [6.07, 6.45) is 0. The number of hydrogen-bond donors (Lipinski definition) is 0. The van der Waals surface area contributed by atoms with Crippen LogP contribution >= 0.6 is 0 Å². The van der Waals surface area contributed by atoms with Gasteiger partial charge in [0.25, 0.3) is 5.69 Å². The Morgan fingerprint density at radius 3 is 2.89 bits per heavy atom. The maximum atomic E-state index is 11.3. The largest absolute Gasteiger partial charge is 0.493 e. The molecule has 8 heteroatoms. The van der Waals surface area contributed by atoms with Gasteiger partial charge in [-0.3, -0.25) is 14.9 Å². The zero-order valence-electron chi connectivity index (χ0n) is 9.57. The molecule has 0 saturated carbocycles. The number of nitro groups is 1. The second kappa shape index (κ2) is 6.21. The number of ether oxygens (including phenoxy) is 1. The number of nitrogens with zero attached hydrogens (tertiary/aromatic N) is 4. The van der Waals surface area contributed by atoms with Crippen LogP contribution in [0.4, 0.5) is 5.69 Å². The van der Waals surface area contributed by atoms with Crippen molar-refractivity contribution in [1.29, 1.82) is 0 Å². The second-order valence-corrected chi connectivity index (χ2v) is 3.30. The molecule has 18 heavy (non-hydrogen) atoms. The molecule has 0 atom stereocenters. The van der Waals surface area contributed by atoms with E-state index in [2.05, 4.69) is 10.0 Å². The number of nitro benzene ring substituents is 1. The van der Waals surface area contributed by atoms with E-state index in [4.69, 9.17) is 10.3 Å². The number of azide groups is 1. The van der Waals surface area contributed by atoms with Crippen molar-refractivity contribution in [2.75, 3.05) is 13.2 Å². The lowest BCUT2D eigenvalue weighted by Gasteiger charge is -2.05. The molecule has 1 aromatic rings. The number of rotatable bonds is 6. The van der Waals surface area contributed by atoms with Crippen LogP contribution in [-0.2, 0) is 0 Å². The molecule has 1 rings (SSSR count). The van der Waals surface area contributed by atoms with Gasteiger partial charge in [-0.15, -0.1) is 0 Å². The van der Waals surface area contributed by atoms with E-state index in [1.54, 1.807) is 0 Å². The molecule has 0 aliphatic carbocycles. The van der Waals surface area contributed by atoms with Gasteiger partial charge in [-0.05, 0) is 24.6 Å². The molecule has 0 bridgehead atoms. The lowest BCUT2D eigenvalue weighted by molar-refractivity contribution is -0.385. The third-order valence-corrected chi connectivity index (χ3v) is 2.07. The topological polar surface area (TPSA) is 118 Å². The first-order valence-corrected chi connectivity index (χ1v) is 4.99. The Balaban J connectivity index is 2.90. The van der Waals surface area contributed by atoms with Gasteiger partial charge in [0, 0.05) is 11.0 Å². The summed E-state index contributed by atoms with van der Waals surface area (Å²) in [5, 5.41) is 14.0. The van der Waals surface area contributed by atoms with Crippen molar-refractivity contribution in [3.8, 4) is 5.75 Å². The van der Waals surface area contributed by atoms with Crippen LogP contribution in [-0.4, -0.2) is 23.9 Å². The predicted molar refractivity (Wildman–Crippen MR) is 62.6 cm³/mol. The maximum absolute atomic E-state index is 11.3. The molecule has 1 aromatic carbocycles. The Morgan fingerprint density at radius 2 is 2.33 bits per heavy atom. The minimum Gasteiger partial charge on any atom is -0.493 e. The van der Waals surface area contributed by atoms with Crippen molar-refractivity contribution in [2.24, 2.45) is 5.11 Å². The number of Topliss-reactive ketones (excluding diaryl/α,β-unsaturated/α-hetero) is 1. The fraction of sp³-hybridized carbons (Fsp3) is 0.300. The van der Waals surface area contributed by atoms with Crippen LogP contribution in [0.25, 0.3) is 10.4 Å². The standard InChI is InChI=1S/C10H10N4O4/c1-7(15)9-6-8(18-5-4-12-13-11)2-3-10(9)14(16)17/h2-3,6H,4-5H2,1H3. The molecule has 0 spiro atoms. The number of carbonyl (C=O) groups excluding carboxylic acids is 1. The molecule has 0 radical (unpaired) electrons. The summed E-state index contributed by atoms with van der Waals surface area (Å²) >= 11 is 0. The smallest absolute Gasteiger partial charge is 0.280 e. The van der Waals surface area contributed by atoms with Gasteiger partial charge in [0.1, 0.15) is 5.75 Å². The van der Waals surface area contributed by atoms with Gasteiger partial charge in [0.15, 0.2) is 5.78 Å². The number of carbonyl (C=O) groups is 1. The highest BCUT2D eigenvalue weighted by Crippen LogP contribution is 2.24. The van der Waals surface area contributed by atoms with Gasteiger partial charge in [-0.1, -0.05) is 5.11 Å². The average Bonchev–Trinajstić information content (AvgIpc) is 2.34. The van der Waals surface area contributed by atoms with Gasteiger partial charge < -0.3 is 4.74 Å². The molecule has 8 nitrogen and oxygen atoms in total. The van der Waals surface area contributed by atoms with Crippen molar-refractivity contribution >= 4 is 11.5 Å². The molecule has 0 aliphatic rings. The van der Waals surface area contributed by atoms with E-state index in [1.807, 2.05) is 0 Å². The van der Waals surface area contributed by atoms with Crippen LogP contribution in [0.3, 0.4) is 0 Å². The monoisotopic (exact) mass is 250 g/mol. The third kappa shape index (κ3) is 3.46. The van der Waals surface area contributed by atoms with Gasteiger partial charge in [-0.2, -0.15) is 0 Å². The summed E-state index contributed by atoms with van der Waals surface area (Å²) in [4.78, 5) is 23.9. The van der Waals surface area contributed by atoms with E-state index in [0.29, 0.717) is 5.75 Å². The van der Waals surface area contributed by atoms with E-state index < -0.39 is 10.7 Å². The van der Waals surface area contributed by atoms with Crippen LogP contribution < -0.4 is 4.74 Å². The fourth-order valence-corrected chi connectivity index (χ4v) is 1.30. The molecule has 0 aliphatic heterocycles. The van der Waals surface area contributed by atoms with Crippen molar-refractivity contribution in [3.05, 3.63) is 44.3 Å². The van der Waals surface area contributed by atoms with Gasteiger partial charge in [-0.25, -0.2) is 0 Å². The van der Waals surface area contributed by atoms with Crippen molar-refractivity contribution in [3.63, 3.8) is 0 Å². The third-order valence-electron chi connectivity index (χ3n) is 2.07. The minimum absolute atomic E-state index is 0.0127. The predicted octanol–water partition coefficient (Wildman–Crippen LogP) is 2.49. The Morgan fingerprint density at radius 1 is 1.61 bits per heavy atom. The van der Waals surface area contributed by atoms with E-state index >= 15 is 0 Å². The summed E-state index contributed by atoms with van der Waals surface area (Å²) in [5.41, 5.74) is 7.79. The van der Waals surface area contributed by atoms with Crippen molar-refractivity contribution in [2.45, 2.75) is 6.92 Å². The highest BCUT2D eigenvalue weighted by atomic mass is 16.6. The Kier molecular flexibility index (Phi) is 4.65. The maximum Gasteiger partial charge on any atom is 0.280 e. The molecule has 0 amide bonds. The van der Waals surface area contributed by atoms with Gasteiger partial charge in [0.05, 0.1) is 23.6 Å². The van der Waals surface area contributed by atoms with Crippen molar-refractivity contribution in [1.82, 2.24) is 0 Å². The fourth-order valence-electron chi connectivity index (χ4n) is 1.30. The molecule has 0 heterocycles. The van der Waals surface area contributed by atoms with Gasteiger partial charge >= 0.3 is 0 Å². The summed E-state index contributed by atoms with van der Waals surface area (Å²) in [5.74, 6) is -0.0962. The zero-order chi connectivity index (χ0) is 13.5. The van der Waals surface area contributed by atoms with E-state index in [0.717, 1.165) is 0 Å². The molecule has 0 N–H and O–H groups in total. The first kappa shape index (κ1) is 13.5. The van der Waals surface area contributed by atoms with Crippen LogP contribution in [0.5, 0.6) is 5.75 Å². The number of benzene rings is 1. The molecule has 0 saturated heterocycles. The molecule has 0 unspecified atom stereocenters. The summed E-state index contributed by atoms with van der Waals surface area (Å²) in [7, 11) is 0. The number of ketones is 1. The highest BCUT2D eigenvalue weighted by Gasteiger charge is 2.17. The summed E-state index contributed by atoms with van der Waals surface area (Å²) < 4.78 is 5.19. The Hall–Kier alpha value is -2.60.